The molecule has 2 saturated heterocycles. The molecule has 4 rings (SSSR count). The standard InChI is InChI=1S/C24H38BrN5O3Si/c1-23(2,3)33-22(31)30-15-24(16-30)7-9-28(10-8-24)19-13-26-20-18(25)14-29(21(20)27-19)17-32-11-12-34(4,5)6/h13-14H,7-12,15-17H2,1-6H3. The van der Waals surface area contributed by atoms with E-state index in [-0.39, 0.29) is 11.5 Å². The number of hydrogen-bond donors (Lipinski definition) is 0. The maximum absolute atomic E-state index is 12.3. The van der Waals surface area contributed by atoms with Crippen LogP contribution < -0.4 is 4.90 Å². The third-order valence-corrected chi connectivity index (χ3v) is 8.87. The summed E-state index contributed by atoms with van der Waals surface area (Å²) in [6, 6.07) is 1.14. The molecule has 2 aromatic heterocycles. The second-order valence-corrected chi connectivity index (χ2v) is 18.5. The average molecular weight is 553 g/mol. The summed E-state index contributed by atoms with van der Waals surface area (Å²) in [6.45, 7) is 17.4. The fourth-order valence-electron chi connectivity index (χ4n) is 4.54. The number of likely N-dealkylation sites (tertiary alicyclic amines) is 1. The molecule has 1 amide bonds. The van der Waals surface area contributed by atoms with Gasteiger partial charge in [0.1, 0.15) is 23.7 Å². The van der Waals surface area contributed by atoms with Gasteiger partial charge in [-0.25, -0.2) is 14.8 Å². The molecule has 10 heteroatoms. The lowest BCUT2D eigenvalue weighted by Gasteiger charge is -2.53. The van der Waals surface area contributed by atoms with Crippen molar-refractivity contribution in [1.82, 2.24) is 19.4 Å². The van der Waals surface area contributed by atoms with Gasteiger partial charge in [-0.3, -0.25) is 0 Å². The van der Waals surface area contributed by atoms with Gasteiger partial charge in [-0.15, -0.1) is 0 Å². The fourth-order valence-corrected chi connectivity index (χ4v) is 5.82. The van der Waals surface area contributed by atoms with Gasteiger partial charge in [0.25, 0.3) is 0 Å². The van der Waals surface area contributed by atoms with Crippen LogP contribution in [0.3, 0.4) is 0 Å². The highest BCUT2D eigenvalue weighted by atomic mass is 79.9. The molecule has 0 aromatic carbocycles. The molecule has 2 aromatic rings. The maximum Gasteiger partial charge on any atom is 0.410 e. The Hall–Kier alpha value is -1.65. The normalized spacial score (nSPS) is 18.4. The first-order valence-corrected chi connectivity index (χ1v) is 16.7. The Balaban J connectivity index is 1.35. The fraction of sp³-hybridized carbons (Fsp3) is 0.708. The van der Waals surface area contributed by atoms with Crippen molar-refractivity contribution < 1.29 is 14.3 Å². The number of rotatable bonds is 6. The van der Waals surface area contributed by atoms with Crippen LogP contribution in [-0.4, -0.2) is 72.0 Å². The predicted octanol–water partition coefficient (Wildman–Crippen LogP) is 5.34. The van der Waals surface area contributed by atoms with E-state index in [1.54, 1.807) is 0 Å². The van der Waals surface area contributed by atoms with Crippen LogP contribution in [0.5, 0.6) is 0 Å². The Kier molecular flexibility index (Phi) is 7.05. The molecule has 2 aliphatic rings. The summed E-state index contributed by atoms with van der Waals surface area (Å²) in [5.74, 6) is 0.902. The average Bonchev–Trinajstić information content (AvgIpc) is 3.02. The second-order valence-electron chi connectivity index (χ2n) is 12.0. The van der Waals surface area contributed by atoms with E-state index >= 15 is 0 Å². The van der Waals surface area contributed by atoms with Crippen molar-refractivity contribution in [3.63, 3.8) is 0 Å². The van der Waals surface area contributed by atoms with E-state index in [2.05, 4.69) is 40.5 Å². The van der Waals surface area contributed by atoms with Crippen LogP contribution in [0.15, 0.2) is 16.9 Å². The summed E-state index contributed by atoms with van der Waals surface area (Å²) in [5.41, 5.74) is 1.46. The smallest absolute Gasteiger partial charge is 0.410 e. The highest BCUT2D eigenvalue weighted by Crippen LogP contribution is 2.41. The van der Waals surface area contributed by atoms with Gasteiger partial charge >= 0.3 is 6.09 Å². The first-order chi connectivity index (χ1) is 15.8. The minimum absolute atomic E-state index is 0.199. The number of halogens is 1. The van der Waals surface area contributed by atoms with Crippen molar-refractivity contribution in [3.05, 3.63) is 16.9 Å². The Labute approximate surface area is 212 Å². The first kappa shape index (κ1) is 25.4. The second kappa shape index (κ2) is 9.42. The Morgan fingerprint density at radius 3 is 2.50 bits per heavy atom. The summed E-state index contributed by atoms with van der Waals surface area (Å²) in [7, 11) is -1.11. The van der Waals surface area contributed by atoms with Crippen molar-refractivity contribution in [2.45, 2.75) is 71.6 Å². The monoisotopic (exact) mass is 551 g/mol. The lowest BCUT2D eigenvalue weighted by atomic mass is 9.72. The van der Waals surface area contributed by atoms with Crippen LogP contribution in [0.25, 0.3) is 11.2 Å². The van der Waals surface area contributed by atoms with Gasteiger partial charge in [-0.1, -0.05) is 19.6 Å². The zero-order valence-electron chi connectivity index (χ0n) is 21.4. The number of amides is 1. The molecular formula is C24H38BrN5O3Si. The molecule has 0 atom stereocenters. The molecule has 2 fully saturated rings. The highest BCUT2D eigenvalue weighted by molar-refractivity contribution is 9.10. The number of ether oxygens (including phenoxy) is 2. The molecule has 0 N–H and O–H groups in total. The van der Waals surface area contributed by atoms with E-state index in [1.165, 1.54) is 0 Å². The summed E-state index contributed by atoms with van der Waals surface area (Å²) in [6.07, 6.45) is 5.76. The predicted molar refractivity (Wildman–Crippen MR) is 141 cm³/mol. The zero-order valence-corrected chi connectivity index (χ0v) is 23.9. The highest BCUT2D eigenvalue weighted by Gasteiger charge is 2.48. The summed E-state index contributed by atoms with van der Waals surface area (Å²) in [4.78, 5) is 26.1. The van der Waals surface area contributed by atoms with Gasteiger partial charge in [0.2, 0.25) is 0 Å². The molecule has 0 aliphatic carbocycles. The first-order valence-electron chi connectivity index (χ1n) is 12.2. The van der Waals surface area contributed by atoms with Crippen LogP contribution in [0.1, 0.15) is 33.6 Å². The van der Waals surface area contributed by atoms with Gasteiger partial charge < -0.3 is 23.8 Å². The maximum atomic E-state index is 12.3. The van der Waals surface area contributed by atoms with E-state index < -0.39 is 13.7 Å². The zero-order chi connectivity index (χ0) is 24.7. The number of carbonyl (C=O) groups excluding carboxylic acids is 1. The van der Waals surface area contributed by atoms with E-state index in [0.29, 0.717) is 6.73 Å². The van der Waals surface area contributed by atoms with Crippen LogP contribution in [-0.2, 0) is 16.2 Å². The lowest BCUT2D eigenvalue weighted by Crippen LogP contribution is -2.62. The number of aromatic nitrogens is 3. The van der Waals surface area contributed by atoms with Crippen molar-refractivity contribution in [3.8, 4) is 0 Å². The third kappa shape index (κ3) is 5.94. The summed E-state index contributed by atoms with van der Waals surface area (Å²) < 4.78 is 14.5. The molecule has 0 bridgehead atoms. The molecular weight excluding hydrogens is 514 g/mol. The number of hydrogen-bond acceptors (Lipinski definition) is 6. The Bertz CT molecular complexity index is 1030. The molecule has 4 heterocycles. The third-order valence-electron chi connectivity index (χ3n) is 6.59. The summed E-state index contributed by atoms with van der Waals surface area (Å²) >= 11 is 3.62. The van der Waals surface area contributed by atoms with Crippen LogP contribution in [0.2, 0.25) is 25.7 Å². The van der Waals surface area contributed by atoms with E-state index in [1.807, 2.05) is 42.6 Å². The number of fused-ring (bicyclic) bond motifs is 1. The van der Waals surface area contributed by atoms with Crippen molar-refractivity contribution in [2.75, 3.05) is 37.7 Å². The Morgan fingerprint density at radius 1 is 1.21 bits per heavy atom. The van der Waals surface area contributed by atoms with Crippen LogP contribution in [0, 0.1) is 5.41 Å². The molecule has 1 spiro atoms. The van der Waals surface area contributed by atoms with Gasteiger partial charge in [-0.2, -0.15) is 0 Å². The molecule has 0 radical (unpaired) electrons. The minimum atomic E-state index is -1.11. The molecule has 2 aliphatic heterocycles. The topological polar surface area (TPSA) is 72.7 Å². The van der Waals surface area contributed by atoms with Gasteiger partial charge in [0.15, 0.2) is 5.65 Å². The number of nitrogens with zero attached hydrogens (tertiary/aromatic N) is 5. The SMILES string of the molecule is CC(C)(C)OC(=O)N1CC2(CCN(c3cnc4c(Br)cn(COCC[Si](C)(C)C)c4n3)CC2)C1. The van der Waals surface area contributed by atoms with Crippen molar-refractivity contribution in [2.24, 2.45) is 5.41 Å². The van der Waals surface area contributed by atoms with Crippen LogP contribution >= 0.6 is 15.9 Å². The molecule has 0 saturated carbocycles. The van der Waals surface area contributed by atoms with Gasteiger partial charge in [0.05, 0.1) is 10.7 Å². The molecule has 8 nitrogen and oxygen atoms in total. The van der Waals surface area contributed by atoms with Gasteiger partial charge in [-0.05, 0) is 55.6 Å². The van der Waals surface area contributed by atoms with E-state index in [9.17, 15) is 4.79 Å². The van der Waals surface area contributed by atoms with Crippen molar-refractivity contribution >= 4 is 47.1 Å². The van der Waals surface area contributed by atoms with Gasteiger partial charge in [0, 0.05) is 52.5 Å². The quantitative estimate of drug-likeness (QED) is 0.356. The van der Waals surface area contributed by atoms with Crippen LogP contribution in [0.4, 0.5) is 10.6 Å². The number of piperidine rings is 1. The van der Waals surface area contributed by atoms with Crippen molar-refractivity contribution in [1.29, 1.82) is 0 Å². The number of anilines is 1. The summed E-state index contributed by atoms with van der Waals surface area (Å²) in [5, 5.41) is 0. The van der Waals surface area contributed by atoms with E-state index in [4.69, 9.17) is 19.4 Å². The largest absolute Gasteiger partial charge is 0.444 e. The molecule has 0 unspecified atom stereocenters. The lowest BCUT2D eigenvalue weighted by molar-refractivity contribution is -0.0434. The molecule has 188 valence electrons. The van der Waals surface area contributed by atoms with E-state index in [0.717, 1.165) is 73.1 Å². The Morgan fingerprint density at radius 2 is 1.88 bits per heavy atom. The minimum Gasteiger partial charge on any atom is -0.444 e. The molecule has 34 heavy (non-hydrogen) atoms. The number of carbonyl (C=O) groups is 1.